The summed E-state index contributed by atoms with van der Waals surface area (Å²) >= 11 is 1.44. The number of benzene rings is 1. The Hall–Kier alpha value is -1.88. The van der Waals surface area contributed by atoms with E-state index in [0.717, 1.165) is 12.0 Å². The van der Waals surface area contributed by atoms with Gasteiger partial charge in [-0.2, -0.15) is 5.10 Å². The van der Waals surface area contributed by atoms with Gasteiger partial charge in [-0.05, 0) is 24.5 Å². The zero-order chi connectivity index (χ0) is 13.0. The predicted molar refractivity (Wildman–Crippen MR) is 78.3 cm³/mol. The van der Waals surface area contributed by atoms with Crippen LogP contribution in [0.2, 0.25) is 0 Å². The summed E-state index contributed by atoms with van der Waals surface area (Å²) < 4.78 is 0. The molecule has 3 N–H and O–H groups in total. The van der Waals surface area contributed by atoms with Gasteiger partial charge in [-0.3, -0.25) is 5.43 Å². The van der Waals surface area contributed by atoms with Crippen LogP contribution in [0.1, 0.15) is 23.6 Å². The number of thiazole rings is 1. The Morgan fingerprint density at radius 2 is 2.33 bits per heavy atom. The Bertz CT molecular complexity index is 560. The van der Waals surface area contributed by atoms with Crippen molar-refractivity contribution in [2.45, 2.75) is 20.3 Å². The summed E-state index contributed by atoms with van der Waals surface area (Å²) in [5, 5.41) is 6.70. The van der Waals surface area contributed by atoms with Gasteiger partial charge in [-0.1, -0.05) is 25.1 Å². The van der Waals surface area contributed by atoms with Crippen molar-refractivity contribution < 1.29 is 0 Å². The molecule has 0 saturated heterocycles. The first kappa shape index (κ1) is 12.6. The predicted octanol–water partition coefficient (Wildman–Crippen LogP) is 3.04. The maximum Gasteiger partial charge on any atom is 0.205 e. The molecular formula is C13H16N4S. The van der Waals surface area contributed by atoms with Gasteiger partial charge in [-0.15, -0.1) is 11.3 Å². The lowest BCUT2D eigenvalue weighted by molar-refractivity contribution is 1.12. The van der Waals surface area contributed by atoms with Gasteiger partial charge in [0, 0.05) is 10.9 Å². The minimum Gasteiger partial charge on any atom is -0.383 e. The molecule has 0 amide bonds. The van der Waals surface area contributed by atoms with E-state index in [1.165, 1.54) is 22.5 Å². The second-order valence-electron chi connectivity index (χ2n) is 3.95. The number of aromatic nitrogens is 1. The summed E-state index contributed by atoms with van der Waals surface area (Å²) in [5.74, 6) is 0.517. The average molecular weight is 260 g/mol. The lowest BCUT2D eigenvalue weighted by atomic mass is 10.0. The number of nitrogens with two attached hydrogens (primary N) is 1. The van der Waals surface area contributed by atoms with E-state index in [0.29, 0.717) is 10.9 Å². The number of aryl methyl sites for hydroxylation is 2. The molecule has 4 nitrogen and oxygen atoms in total. The van der Waals surface area contributed by atoms with Crippen LogP contribution in [0.15, 0.2) is 28.7 Å². The smallest absolute Gasteiger partial charge is 0.205 e. The second kappa shape index (κ2) is 5.64. The van der Waals surface area contributed by atoms with Crippen LogP contribution in [0.25, 0.3) is 0 Å². The van der Waals surface area contributed by atoms with Crippen LogP contribution in [0.4, 0.5) is 10.9 Å². The fourth-order valence-corrected chi connectivity index (χ4v) is 2.27. The van der Waals surface area contributed by atoms with Crippen LogP contribution >= 0.6 is 11.3 Å². The molecular weight excluding hydrogens is 244 g/mol. The van der Waals surface area contributed by atoms with E-state index in [1.807, 2.05) is 6.21 Å². The second-order valence-corrected chi connectivity index (χ2v) is 4.81. The first-order chi connectivity index (χ1) is 8.70. The maximum atomic E-state index is 5.54. The SMILES string of the molecule is CCc1cccc(C)c1C=NNc1nc(N)cs1. The Labute approximate surface area is 111 Å². The first-order valence-corrected chi connectivity index (χ1v) is 6.67. The van der Waals surface area contributed by atoms with Gasteiger partial charge >= 0.3 is 0 Å². The van der Waals surface area contributed by atoms with E-state index >= 15 is 0 Å². The van der Waals surface area contributed by atoms with Crippen molar-refractivity contribution in [3.63, 3.8) is 0 Å². The van der Waals surface area contributed by atoms with Crippen molar-refractivity contribution in [1.82, 2.24) is 4.98 Å². The van der Waals surface area contributed by atoms with E-state index in [2.05, 4.69) is 47.6 Å². The number of hydrogen-bond acceptors (Lipinski definition) is 5. The van der Waals surface area contributed by atoms with Gasteiger partial charge in [0.15, 0.2) is 0 Å². The number of hydrazone groups is 1. The molecule has 0 aliphatic rings. The third-order valence-electron chi connectivity index (χ3n) is 2.67. The average Bonchev–Trinajstić information content (AvgIpc) is 2.77. The fourth-order valence-electron chi connectivity index (χ4n) is 1.72. The largest absolute Gasteiger partial charge is 0.383 e. The molecule has 0 aliphatic heterocycles. The lowest BCUT2D eigenvalue weighted by Crippen LogP contribution is -1.97. The lowest BCUT2D eigenvalue weighted by Gasteiger charge is -2.05. The molecule has 0 radical (unpaired) electrons. The topological polar surface area (TPSA) is 63.3 Å². The molecule has 1 aromatic carbocycles. The Balaban J connectivity index is 2.13. The van der Waals surface area contributed by atoms with Crippen LogP contribution in [0, 0.1) is 6.92 Å². The van der Waals surface area contributed by atoms with Crippen LogP contribution in [0.3, 0.4) is 0 Å². The van der Waals surface area contributed by atoms with Crippen LogP contribution in [-0.4, -0.2) is 11.2 Å². The van der Waals surface area contributed by atoms with Gasteiger partial charge in [0.2, 0.25) is 5.13 Å². The quantitative estimate of drug-likeness (QED) is 0.656. The van der Waals surface area contributed by atoms with Gasteiger partial charge in [0.25, 0.3) is 0 Å². The normalized spacial score (nSPS) is 11.0. The zero-order valence-corrected chi connectivity index (χ0v) is 11.3. The Morgan fingerprint density at radius 3 is 3.00 bits per heavy atom. The highest BCUT2D eigenvalue weighted by atomic mass is 32.1. The molecule has 0 atom stereocenters. The van der Waals surface area contributed by atoms with E-state index in [9.17, 15) is 0 Å². The van der Waals surface area contributed by atoms with Crippen LogP contribution < -0.4 is 11.2 Å². The minimum atomic E-state index is 0.517. The van der Waals surface area contributed by atoms with Gasteiger partial charge < -0.3 is 5.73 Å². The number of hydrogen-bond donors (Lipinski definition) is 2. The van der Waals surface area contributed by atoms with E-state index < -0.39 is 0 Å². The molecule has 5 heteroatoms. The minimum absolute atomic E-state index is 0.517. The molecule has 2 rings (SSSR count). The molecule has 0 unspecified atom stereocenters. The monoisotopic (exact) mass is 260 g/mol. The van der Waals surface area contributed by atoms with E-state index in [4.69, 9.17) is 5.73 Å². The van der Waals surface area contributed by atoms with Crippen molar-refractivity contribution in [3.05, 3.63) is 40.3 Å². The summed E-state index contributed by atoms with van der Waals surface area (Å²) in [6.45, 7) is 4.23. The Kier molecular flexibility index (Phi) is 3.94. The molecule has 18 heavy (non-hydrogen) atoms. The van der Waals surface area contributed by atoms with Crippen molar-refractivity contribution in [2.75, 3.05) is 11.2 Å². The maximum absolute atomic E-state index is 5.54. The van der Waals surface area contributed by atoms with Crippen LogP contribution in [0.5, 0.6) is 0 Å². The molecule has 2 aromatic rings. The van der Waals surface area contributed by atoms with Gasteiger partial charge in [0.1, 0.15) is 5.82 Å². The summed E-state index contributed by atoms with van der Waals surface area (Å²) in [5.41, 5.74) is 12.1. The molecule has 0 saturated carbocycles. The highest BCUT2D eigenvalue weighted by molar-refractivity contribution is 7.14. The number of nitrogen functional groups attached to an aromatic ring is 1. The molecule has 0 fully saturated rings. The molecule has 0 spiro atoms. The van der Waals surface area contributed by atoms with E-state index in [-0.39, 0.29) is 0 Å². The Morgan fingerprint density at radius 1 is 1.50 bits per heavy atom. The summed E-state index contributed by atoms with van der Waals surface area (Å²) in [6.07, 6.45) is 2.83. The molecule has 1 aromatic heterocycles. The molecule has 0 bridgehead atoms. The third-order valence-corrected chi connectivity index (χ3v) is 3.44. The van der Waals surface area contributed by atoms with Crippen molar-refractivity contribution >= 4 is 28.5 Å². The summed E-state index contributed by atoms with van der Waals surface area (Å²) in [7, 11) is 0. The zero-order valence-electron chi connectivity index (χ0n) is 10.5. The third kappa shape index (κ3) is 2.87. The fraction of sp³-hybridized carbons (Fsp3) is 0.231. The van der Waals surface area contributed by atoms with Crippen LogP contribution in [-0.2, 0) is 6.42 Å². The summed E-state index contributed by atoms with van der Waals surface area (Å²) in [4.78, 5) is 4.08. The van der Waals surface area contributed by atoms with Crippen molar-refractivity contribution in [1.29, 1.82) is 0 Å². The molecule has 0 aliphatic carbocycles. The molecule has 1 heterocycles. The highest BCUT2D eigenvalue weighted by Gasteiger charge is 2.01. The number of anilines is 2. The van der Waals surface area contributed by atoms with Crippen molar-refractivity contribution in [3.8, 4) is 0 Å². The number of nitrogens with one attached hydrogen (secondary N) is 1. The van der Waals surface area contributed by atoms with Gasteiger partial charge in [0.05, 0.1) is 6.21 Å². The molecule has 94 valence electrons. The number of rotatable bonds is 4. The van der Waals surface area contributed by atoms with E-state index in [1.54, 1.807) is 5.38 Å². The number of nitrogens with zero attached hydrogens (tertiary/aromatic N) is 2. The summed E-state index contributed by atoms with van der Waals surface area (Å²) in [6, 6.07) is 6.28. The van der Waals surface area contributed by atoms with Crippen molar-refractivity contribution in [2.24, 2.45) is 5.10 Å². The van der Waals surface area contributed by atoms with Gasteiger partial charge in [-0.25, -0.2) is 4.98 Å². The highest BCUT2D eigenvalue weighted by Crippen LogP contribution is 2.17. The standard InChI is InChI=1S/C13H16N4S/c1-3-10-6-4-5-9(2)11(10)7-15-17-13-16-12(14)8-18-13/h4-8H,3,14H2,1-2H3,(H,16,17). The first-order valence-electron chi connectivity index (χ1n) is 5.79.